The van der Waals surface area contributed by atoms with Gasteiger partial charge in [-0.25, -0.2) is 9.18 Å². The number of hydrogen-bond acceptors (Lipinski definition) is 2. The number of piperidine rings is 1. The summed E-state index contributed by atoms with van der Waals surface area (Å²) in [5.41, 5.74) is 0.578. The molecule has 0 spiro atoms. The third-order valence-electron chi connectivity index (χ3n) is 5.14. The molecule has 0 saturated carbocycles. The van der Waals surface area contributed by atoms with Crippen molar-refractivity contribution in [2.45, 2.75) is 38.5 Å². The Morgan fingerprint density at radius 2 is 1.48 bits per heavy atom. The molecule has 2 aliphatic rings. The molecule has 0 bridgehead atoms. The third-order valence-corrected chi connectivity index (χ3v) is 5.14. The second-order valence-electron chi connectivity index (χ2n) is 6.94. The third kappa shape index (κ3) is 4.71. The van der Waals surface area contributed by atoms with Gasteiger partial charge in [-0.05, 0) is 49.9 Å². The van der Waals surface area contributed by atoms with E-state index in [0.717, 1.165) is 25.9 Å². The molecule has 0 aromatic heterocycles. The SMILES string of the molecule is O=C(Nc1ccc(F)cc1)N1CCC(C(=O)N2CCCCCC2)CC1. The van der Waals surface area contributed by atoms with Crippen LogP contribution in [0.3, 0.4) is 0 Å². The van der Waals surface area contributed by atoms with Crippen LogP contribution in [0.2, 0.25) is 0 Å². The van der Waals surface area contributed by atoms with Crippen LogP contribution in [0, 0.1) is 11.7 Å². The van der Waals surface area contributed by atoms with E-state index in [1.54, 1.807) is 17.0 Å². The van der Waals surface area contributed by atoms with Gasteiger partial charge in [0.1, 0.15) is 5.82 Å². The Labute approximate surface area is 148 Å². The second kappa shape index (κ2) is 8.32. The lowest BCUT2D eigenvalue weighted by atomic mass is 9.95. The average Bonchev–Trinajstić information content (AvgIpc) is 2.92. The molecule has 1 aromatic rings. The zero-order valence-corrected chi connectivity index (χ0v) is 14.5. The van der Waals surface area contributed by atoms with Crippen molar-refractivity contribution >= 4 is 17.6 Å². The largest absolute Gasteiger partial charge is 0.342 e. The predicted molar refractivity (Wildman–Crippen MR) is 94.8 cm³/mol. The predicted octanol–water partition coefficient (Wildman–Crippen LogP) is 3.47. The van der Waals surface area contributed by atoms with Gasteiger partial charge in [0, 0.05) is 37.8 Å². The van der Waals surface area contributed by atoms with Crippen LogP contribution in [-0.4, -0.2) is 47.9 Å². The lowest BCUT2D eigenvalue weighted by Gasteiger charge is -2.34. The smallest absolute Gasteiger partial charge is 0.321 e. The number of carbonyl (C=O) groups excluding carboxylic acids is 2. The highest BCUT2D eigenvalue weighted by atomic mass is 19.1. The van der Waals surface area contributed by atoms with Crippen molar-refractivity contribution in [3.8, 4) is 0 Å². The fourth-order valence-electron chi connectivity index (χ4n) is 3.61. The van der Waals surface area contributed by atoms with Crippen LogP contribution in [0.25, 0.3) is 0 Å². The Hall–Kier alpha value is -2.11. The number of urea groups is 1. The topological polar surface area (TPSA) is 52.7 Å². The fourth-order valence-corrected chi connectivity index (χ4v) is 3.61. The molecule has 3 rings (SSSR count). The van der Waals surface area contributed by atoms with Gasteiger partial charge < -0.3 is 15.1 Å². The van der Waals surface area contributed by atoms with Gasteiger partial charge in [-0.15, -0.1) is 0 Å². The molecule has 3 amide bonds. The van der Waals surface area contributed by atoms with Crippen molar-refractivity contribution in [2.24, 2.45) is 5.92 Å². The summed E-state index contributed by atoms with van der Waals surface area (Å²) in [4.78, 5) is 28.7. The minimum absolute atomic E-state index is 0.0352. The van der Waals surface area contributed by atoms with Gasteiger partial charge in [0.05, 0.1) is 0 Å². The molecular weight excluding hydrogens is 321 g/mol. The Bertz CT molecular complexity index is 589. The first-order chi connectivity index (χ1) is 12.1. The zero-order valence-electron chi connectivity index (χ0n) is 14.5. The van der Waals surface area contributed by atoms with Crippen LogP contribution in [0.4, 0.5) is 14.9 Å². The van der Waals surface area contributed by atoms with Gasteiger partial charge in [-0.2, -0.15) is 0 Å². The highest BCUT2D eigenvalue weighted by molar-refractivity contribution is 5.89. The number of benzene rings is 1. The molecule has 0 radical (unpaired) electrons. The second-order valence-corrected chi connectivity index (χ2v) is 6.94. The van der Waals surface area contributed by atoms with Gasteiger partial charge >= 0.3 is 6.03 Å². The maximum absolute atomic E-state index is 12.9. The van der Waals surface area contributed by atoms with Crippen molar-refractivity contribution < 1.29 is 14.0 Å². The number of nitrogens with zero attached hydrogens (tertiary/aromatic N) is 2. The van der Waals surface area contributed by atoms with E-state index in [0.29, 0.717) is 31.6 Å². The molecule has 25 heavy (non-hydrogen) atoms. The van der Waals surface area contributed by atoms with Crippen LogP contribution in [-0.2, 0) is 4.79 Å². The fraction of sp³-hybridized carbons (Fsp3) is 0.579. The average molecular weight is 347 g/mol. The maximum atomic E-state index is 12.9. The van der Waals surface area contributed by atoms with Crippen molar-refractivity contribution in [3.05, 3.63) is 30.1 Å². The van der Waals surface area contributed by atoms with Crippen LogP contribution < -0.4 is 5.32 Å². The number of carbonyl (C=O) groups is 2. The minimum atomic E-state index is -0.328. The molecule has 136 valence electrons. The number of hydrogen-bond donors (Lipinski definition) is 1. The molecule has 2 fully saturated rings. The van der Waals surface area contributed by atoms with Gasteiger partial charge in [-0.1, -0.05) is 12.8 Å². The van der Waals surface area contributed by atoms with E-state index in [1.165, 1.54) is 25.0 Å². The minimum Gasteiger partial charge on any atom is -0.342 e. The molecule has 2 aliphatic heterocycles. The first-order valence-electron chi connectivity index (χ1n) is 9.24. The normalized spacial score (nSPS) is 19.4. The van der Waals surface area contributed by atoms with Gasteiger partial charge in [-0.3, -0.25) is 4.79 Å². The van der Waals surface area contributed by atoms with Crippen LogP contribution in [0.1, 0.15) is 38.5 Å². The molecule has 5 nitrogen and oxygen atoms in total. The zero-order chi connectivity index (χ0) is 17.6. The standard InChI is InChI=1S/C19H26FN3O2/c20-16-5-7-17(8-6-16)21-19(25)23-13-9-15(10-14-23)18(24)22-11-3-1-2-4-12-22/h5-8,15H,1-4,9-14H2,(H,21,25). The molecule has 2 saturated heterocycles. The summed E-state index contributed by atoms with van der Waals surface area (Å²) < 4.78 is 12.9. The molecule has 0 unspecified atom stereocenters. The highest BCUT2D eigenvalue weighted by Gasteiger charge is 2.30. The number of rotatable bonds is 2. The number of anilines is 1. The van der Waals surface area contributed by atoms with Crippen molar-refractivity contribution in [1.82, 2.24) is 9.80 Å². The van der Waals surface area contributed by atoms with Crippen LogP contribution >= 0.6 is 0 Å². The first kappa shape index (κ1) is 17.7. The summed E-state index contributed by atoms with van der Waals surface area (Å²) in [6.07, 6.45) is 6.06. The number of nitrogens with one attached hydrogen (secondary N) is 1. The quantitative estimate of drug-likeness (QED) is 0.890. The summed E-state index contributed by atoms with van der Waals surface area (Å²) in [7, 11) is 0. The molecule has 0 atom stereocenters. The lowest BCUT2D eigenvalue weighted by molar-refractivity contribution is -0.136. The molecule has 0 aliphatic carbocycles. The monoisotopic (exact) mass is 347 g/mol. The molecule has 6 heteroatoms. The van der Waals surface area contributed by atoms with E-state index in [1.807, 2.05) is 4.90 Å². The van der Waals surface area contributed by atoms with E-state index >= 15 is 0 Å². The van der Waals surface area contributed by atoms with Crippen molar-refractivity contribution in [3.63, 3.8) is 0 Å². The Kier molecular flexibility index (Phi) is 5.89. The summed E-state index contributed by atoms with van der Waals surface area (Å²) in [5.74, 6) is -0.0284. The van der Waals surface area contributed by atoms with Crippen molar-refractivity contribution in [2.75, 3.05) is 31.5 Å². The highest BCUT2D eigenvalue weighted by Crippen LogP contribution is 2.22. The molecule has 1 N–H and O–H groups in total. The number of likely N-dealkylation sites (tertiary alicyclic amines) is 2. The van der Waals surface area contributed by atoms with Crippen LogP contribution in [0.15, 0.2) is 24.3 Å². The molecule has 1 aromatic carbocycles. The molecule has 2 heterocycles. The first-order valence-corrected chi connectivity index (χ1v) is 9.24. The van der Waals surface area contributed by atoms with E-state index in [9.17, 15) is 14.0 Å². The Balaban J connectivity index is 1.48. The summed E-state index contributed by atoms with van der Waals surface area (Å²) in [6.45, 7) is 2.92. The Morgan fingerprint density at radius 3 is 2.08 bits per heavy atom. The number of amides is 3. The number of halogens is 1. The molecular formula is C19H26FN3O2. The summed E-state index contributed by atoms with van der Waals surface area (Å²) in [6, 6.07) is 5.54. The van der Waals surface area contributed by atoms with E-state index in [4.69, 9.17) is 0 Å². The van der Waals surface area contributed by atoms with Crippen molar-refractivity contribution in [1.29, 1.82) is 0 Å². The van der Waals surface area contributed by atoms with Gasteiger partial charge in [0.25, 0.3) is 0 Å². The lowest BCUT2D eigenvalue weighted by Crippen LogP contribution is -2.45. The van der Waals surface area contributed by atoms with Crippen LogP contribution in [0.5, 0.6) is 0 Å². The van der Waals surface area contributed by atoms with Gasteiger partial charge in [0.15, 0.2) is 0 Å². The summed E-state index contributed by atoms with van der Waals surface area (Å²) >= 11 is 0. The van der Waals surface area contributed by atoms with E-state index in [-0.39, 0.29) is 23.7 Å². The van der Waals surface area contributed by atoms with Gasteiger partial charge in [0.2, 0.25) is 5.91 Å². The Morgan fingerprint density at radius 1 is 0.880 bits per heavy atom. The summed E-state index contributed by atoms with van der Waals surface area (Å²) in [5, 5.41) is 2.78. The van der Waals surface area contributed by atoms with E-state index in [2.05, 4.69) is 5.32 Å². The van der Waals surface area contributed by atoms with E-state index < -0.39 is 0 Å². The maximum Gasteiger partial charge on any atom is 0.321 e.